The van der Waals surface area contributed by atoms with Gasteiger partial charge in [0, 0.05) is 19.2 Å². The molecule has 0 amide bonds. The van der Waals surface area contributed by atoms with Crippen molar-refractivity contribution in [3.63, 3.8) is 0 Å². The second kappa shape index (κ2) is 7.92. The zero-order valence-electron chi connectivity index (χ0n) is 14.2. The van der Waals surface area contributed by atoms with Gasteiger partial charge in [0.2, 0.25) is 0 Å². The molecule has 2 atom stereocenters. The van der Waals surface area contributed by atoms with Crippen LogP contribution in [0, 0.1) is 0 Å². The lowest BCUT2D eigenvalue weighted by Crippen LogP contribution is -2.32. The maximum atomic E-state index is 9.50. The standard InChI is InChI=1S/C17H25N5OS/c1-21(2)15(13-5-7-24-11-13)9-18-16-8-17(20-12-19-16)22-6-3-4-14(22)10-23/h5,7-8,11-12,14-15,23H,3-4,6,9-10H2,1-2H3,(H,18,19,20)/t14-,15-/m1/s1. The van der Waals surface area contributed by atoms with Gasteiger partial charge in [-0.2, -0.15) is 11.3 Å². The van der Waals surface area contributed by atoms with Crippen molar-refractivity contribution in [2.45, 2.75) is 24.9 Å². The monoisotopic (exact) mass is 347 g/mol. The average Bonchev–Trinajstić information content (AvgIpc) is 3.26. The molecule has 0 bridgehead atoms. The van der Waals surface area contributed by atoms with E-state index in [0.29, 0.717) is 6.04 Å². The molecule has 0 radical (unpaired) electrons. The summed E-state index contributed by atoms with van der Waals surface area (Å²) in [6.45, 7) is 1.90. The summed E-state index contributed by atoms with van der Waals surface area (Å²) in [5.74, 6) is 1.71. The highest BCUT2D eigenvalue weighted by Gasteiger charge is 2.25. The first-order valence-corrected chi connectivity index (χ1v) is 9.25. The summed E-state index contributed by atoms with van der Waals surface area (Å²) in [6, 6.07) is 4.62. The van der Waals surface area contributed by atoms with Crippen molar-refractivity contribution >= 4 is 23.0 Å². The zero-order chi connectivity index (χ0) is 16.9. The smallest absolute Gasteiger partial charge is 0.134 e. The van der Waals surface area contributed by atoms with Crippen LogP contribution < -0.4 is 10.2 Å². The molecular formula is C17H25N5OS. The minimum atomic E-state index is 0.174. The molecule has 1 saturated heterocycles. The second-order valence-corrected chi connectivity index (χ2v) is 7.13. The maximum Gasteiger partial charge on any atom is 0.134 e. The quantitative estimate of drug-likeness (QED) is 0.801. The summed E-state index contributed by atoms with van der Waals surface area (Å²) in [4.78, 5) is 13.1. The van der Waals surface area contributed by atoms with E-state index in [1.165, 1.54) is 5.56 Å². The topological polar surface area (TPSA) is 64.5 Å². The molecule has 2 aromatic rings. The van der Waals surface area contributed by atoms with Crippen LogP contribution in [-0.4, -0.2) is 59.8 Å². The molecule has 0 unspecified atom stereocenters. The van der Waals surface area contributed by atoms with Gasteiger partial charge in [-0.1, -0.05) is 0 Å². The summed E-state index contributed by atoms with van der Waals surface area (Å²) in [5, 5.41) is 17.2. The number of anilines is 2. The van der Waals surface area contributed by atoms with Crippen LogP contribution in [0.1, 0.15) is 24.4 Å². The van der Waals surface area contributed by atoms with Crippen molar-refractivity contribution in [1.82, 2.24) is 14.9 Å². The molecule has 1 fully saturated rings. The highest BCUT2D eigenvalue weighted by Crippen LogP contribution is 2.25. The number of aromatic nitrogens is 2. The minimum absolute atomic E-state index is 0.174. The molecule has 2 N–H and O–H groups in total. The van der Waals surface area contributed by atoms with Crippen LogP contribution in [0.25, 0.3) is 0 Å². The lowest BCUT2D eigenvalue weighted by molar-refractivity contribution is 0.266. The molecule has 0 aromatic carbocycles. The fraction of sp³-hybridized carbons (Fsp3) is 0.529. The number of rotatable bonds is 7. The van der Waals surface area contributed by atoms with E-state index in [4.69, 9.17) is 0 Å². The lowest BCUT2D eigenvalue weighted by atomic mass is 10.1. The highest BCUT2D eigenvalue weighted by atomic mass is 32.1. The summed E-state index contributed by atoms with van der Waals surface area (Å²) in [6.07, 6.45) is 3.71. The average molecular weight is 347 g/mol. The number of hydrogen-bond donors (Lipinski definition) is 2. The van der Waals surface area contributed by atoms with Crippen molar-refractivity contribution < 1.29 is 5.11 Å². The van der Waals surface area contributed by atoms with E-state index in [-0.39, 0.29) is 12.6 Å². The predicted molar refractivity (Wildman–Crippen MR) is 98.7 cm³/mol. The largest absolute Gasteiger partial charge is 0.394 e. The lowest BCUT2D eigenvalue weighted by Gasteiger charge is -2.26. The second-order valence-electron chi connectivity index (χ2n) is 6.35. The Labute approximate surface area is 147 Å². The van der Waals surface area contributed by atoms with Crippen LogP contribution in [0.15, 0.2) is 29.2 Å². The molecule has 0 spiro atoms. The van der Waals surface area contributed by atoms with E-state index in [0.717, 1.165) is 37.6 Å². The van der Waals surface area contributed by atoms with Crippen LogP contribution in [0.2, 0.25) is 0 Å². The molecular weight excluding hydrogens is 322 g/mol. The zero-order valence-corrected chi connectivity index (χ0v) is 15.0. The Hall–Kier alpha value is -1.70. The molecule has 0 aliphatic carbocycles. The van der Waals surface area contributed by atoms with Gasteiger partial charge >= 0.3 is 0 Å². The van der Waals surface area contributed by atoms with Crippen molar-refractivity contribution in [2.75, 3.05) is 44.0 Å². The number of nitrogens with zero attached hydrogens (tertiary/aromatic N) is 4. The van der Waals surface area contributed by atoms with E-state index in [9.17, 15) is 5.11 Å². The van der Waals surface area contributed by atoms with Crippen LogP contribution in [-0.2, 0) is 0 Å². The molecule has 1 aliphatic rings. The summed E-state index contributed by atoms with van der Waals surface area (Å²) < 4.78 is 0. The van der Waals surface area contributed by atoms with Crippen LogP contribution in [0.5, 0.6) is 0 Å². The summed E-state index contributed by atoms with van der Waals surface area (Å²) >= 11 is 1.72. The van der Waals surface area contributed by atoms with Gasteiger partial charge in [-0.3, -0.25) is 0 Å². The number of nitrogens with one attached hydrogen (secondary N) is 1. The molecule has 6 nitrogen and oxygen atoms in total. The normalized spacial score (nSPS) is 19.0. The van der Waals surface area contributed by atoms with Crippen molar-refractivity contribution in [3.8, 4) is 0 Å². The SMILES string of the molecule is CN(C)[C@H](CNc1cc(N2CCC[C@@H]2CO)ncn1)c1ccsc1. The van der Waals surface area contributed by atoms with Crippen LogP contribution in [0.3, 0.4) is 0 Å². The van der Waals surface area contributed by atoms with Gasteiger partial charge < -0.3 is 20.2 Å². The van der Waals surface area contributed by atoms with E-state index in [2.05, 4.69) is 56.0 Å². The van der Waals surface area contributed by atoms with Crippen molar-refractivity contribution in [3.05, 3.63) is 34.8 Å². The highest BCUT2D eigenvalue weighted by molar-refractivity contribution is 7.07. The first kappa shape index (κ1) is 17.1. The molecule has 1 aliphatic heterocycles. The van der Waals surface area contributed by atoms with Gasteiger partial charge in [0.05, 0.1) is 18.7 Å². The van der Waals surface area contributed by atoms with Gasteiger partial charge in [-0.05, 0) is 49.3 Å². The predicted octanol–water partition coefficient (Wildman–Crippen LogP) is 2.21. The molecule has 0 saturated carbocycles. The molecule has 3 rings (SSSR count). The van der Waals surface area contributed by atoms with Crippen molar-refractivity contribution in [2.24, 2.45) is 0 Å². The van der Waals surface area contributed by atoms with Crippen LogP contribution >= 0.6 is 11.3 Å². The number of aliphatic hydroxyl groups excluding tert-OH is 1. The molecule has 7 heteroatoms. The third-order valence-electron chi connectivity index (χ3n) is 4.56. The number of aliphatic hydroxyl groups is 1. The third-order valence-corrected chi connectivity index (χ3v) is 5.26. The maximum absolute atomic E-state index is 9.50. The third kappa shape index (κ3) is 3.85. The van der Waals surface area contributed by atoms with Gasteiger partial charge in [0.25, 0.3) is 0 Å². The number of thiophene rings is 1. The number of hydrogen-bond acceptors (Lipinski definition) is 7. The first-order valence-electron chi connectivity index (χ1n) is 8.31. The first-order chi connectivity index (χ1) is 11.7. The van der Waals surface area contributed by atoms with Gasteiger partial charge in [-0.25, -0.2) is 9.97 Å². The molecule has 3 heterocycles. The van der Waals surface area contributed by atoms with Gasteiger partial charge in [-0.15, -0.1) is 0 Å². The minimum Gasteiger partial charge on any atom is -0.394 e. The fourth-order valence-electron chi connectivity index (χ4n) is 3.19. The van der Waals surface area contributed by atoms with Gasteiger partial charge in [0.1, 0.15) is 18.0 Å². The summed E-state index contributed by atoms with van der Waals surface area (Å²) in [7, 11) is 4.18. The Kier molecular flexibility index (Phi) is 5.65. The van der Waals surface area contributed by atoms with E-state index in [1.54, 1.807) is 17.7 Å². The molecule has 130 valence electrons. The Balaban J connectivity index is 1.68. The number of likely N-dealkylation sites (N-methyl/N-ethyl adjacent to an activating group) is 1. The fourth-order valence-corrected chi connectivity index (χ4v) is 3.90. The Morgan fingerprint density at radius 1 is 1.46 bits per heavy atom. The Bertz CT molecular complexity index is 634. The summed E-state index contributed by atoms with van der Waals surface area (Å²) in [5.41, 5.74) is 1.31. The Morgan fingerprint density at radius 3 is 3.04 bits per heavy atom. The van der Waals surface area contributed by atoms with Crippen molar-refractivity contribution in [1.29, 1.82) is 0 Å². The van der Waals surface area contributed by atoms with Crippen LogP contribution in [0.4, 0.5) is 11.6 Å². The Morgan fingerprint density at radius 2 is 2.33 bits per heavy atom. The molecule has 2 aromatic heterocycles. The van der Waals surface area contributed by atoms with E-state index in [1.807, 2.05) is 6.07 Å². The van der Waals surface area contributed by atoms with E-state index >= 15 is 0 Å². The van der Waals surface area contributed by atoms with Gasteiger partial charge in [0.15, 0.2) is 0 Å². The molecule has 24 heavy (non-hydrogen) atoms. The van der Waals surface area contributed by atoms with E-state index < -0.39 is 0 Å².